The molecule has 0 aliphatic rings. The maximum Gasteiger partial charge on any atom is 0.197 e. The Labute approximate surface area is 118 Å². The van der Waals surface area contributed by atoms with Crippen molar-refractivity contribution in [3.8, 4) is 22.8 Å². The number of phenolic OH excluding ortho intramolecular Hbond substituents is 2. The summed E-state index contributed by atoms with van der Waals surface area (Å²) in [5.74, 6) is -1.02. The van der Waals surface area contributed by atoms with Gasteiger partial charge in [-0.2, -0.15) is 0 Å². The van der Waals surface area contributed by atoms with Crippen molar-refractivity contribution in [2.45, 2.75) is 0 Å². The number of hydrogen-bond donors (Lipinski definition) is 4. The van der Waals surface area contributed by atoms with Gasteiger partial charge < -0.3 is 24.8 Å². The third kappa shape index (κ3) is 2.74. The highest BCUT2D eigenvalue weighted by molar-refractivity contribution is 5.62. The molecule has 0 bridgehead atoms. The molecule has 0 spiro atoms. The molecule has 0 aliphatic carbocycles. The van der Waals surface area contributed by atoms with Gasteiger partial charge in [0.1, 0.15) is 22.2 Å². The first-order valence-corrected chi connectivity index (χ1v) is 5.83. The third-order valence-corrected chi connectivity index (χ3v) is 2.77. The summed E-state index contributed by atoms with van der Waals surface area (Å²) in [6, 6.07) is 5.03. The summed E-state index contributed by atoms with van der Waals surface area (Å²) in [4.78, 5) is 12.0. The van der Waals surface area contributed by atoms with Gasteiger partial charge in [0.15, 0.2) is 16.9 Å². The molecule has 2 aromatic rings. The van der Waals surface area contributed by atoms with Crippen molar-refractivity contribution in [2.24, 2.45) is 0 Å². The number of aliphatic hydroxyl groups excluding tert-OH is 2. The highest BCUT2D eigenvalue weighted by Gasteiger charge is 2.08. The first-order chi connectivity index (χ1) is 9.93. The van der Waals surface area contributed by atoms with E-state index in [9.17, 15) is 20.1 Å². The predicted molar refractivity (Wildman–Crippen MR) is 76.3 cm³/mol. The van der Waals surface area contributed by atoms with Gasteiger partial charge in [-0.1, -0.05) is 6.58 Å². The molecule has 108 valence electrons. The van der Waals surface area contributed by atoms with Crippen LogP contribution in [0.2, 0.25) is 0 Å². The van der Waals surface area contributed by atoms with E-state index in [4.69, 9.17) is 9.52 Å². The smallest absolute Gasteiger partial charge is 0.197 e. The Kier molecular flexibility index (Phi) is 3.71. The molecule has 0 aliphatic heterocycles. The maximum atomic E-state index is 12.0. The van der Waals surface area contributed by atoms with Gasteiger partial charge in [0.2, 0.25) is 0 Å². The van der Waals surface area contributed by atoms with Crippen LogP contribution in [0, 0.1) is 0 Å². The fourth-order valence-electron chi connectivity index (χ4n) is 1.78. The van der Waals surface area contributed by atoms with Gasteiger partial charge in [-0.25, -0.2) is 0 Å². The molecule has 2 rings (SSSR count). The van der Waals surface area contributed by atoms with Crippen LogP contribution in [-0.2, 0) is 0 Å². The van der Waals surface area contributed by atoms with E-state index in [2.05, 4.69) is 6.58 Å². The van der Waals surface area contributed by atoms with Gasteiger partial charge >= 0.3 is 0 Å². The molecule has 6 nitrogen and oxygen atoms in total. The Balaban J connectivity index is 2.71. The number of aliphatic hydroxyl groups is 2. The summed E-state index contributed by atoms with van der Waals surface area (Å²) in [6.07, 6.45) is 1.51. The molecule has 1 aromatic carbocycles. The molecule has 6 heteroatoms. The van der Waals surface area contributed by atoms with E-state index in [1.807, 2.05) is 0 Å². The van der Waals surface area contributed by atoms with E-state index in [-0.39, 0.29) is 27.9 Å². The van der Waals surface area contributed by atoms with Crippen LogP contribution >= 0.6 is 0 Å². The third-order valence-electron chi connectivity index (χ3n) is 2.77. The molecule has 0 radical (unpaired) electrons. The van der Waals surface area contributed by atoms with Crippen LogP contribution in [-0.4, -0.2) is 20.4 Å². The quantitative estimate of drug-likeness (QED) is 0.482. The summed E-state index contributed by atoms with van der Waals surface area (Å²) < 4.78 is 5.34. The first kappa shape index (κ1) is 14.3. The van der Waals surface area contributed by atoms with Crippen LogP contribution in [0.3, 0.4) is 0 Å². The Morgan fingerprint density at radius 1 is 1.19 bits per heavy atom. The molecule has 1 heterocycles. The van der Waals surface area contributed by atoms with Crippen molar-refractivity contribution in [1.29, 1.82) is 0 Å². The van der Waals surface area contributed by atoms with E-state index in [1.54, 1.807) is 0 Å². The standard InChI is InChI=1S/C15H12O6/c1-8-15(11(18)4-5-16)13(20)7-14(21-8)9-2-3-10(17)12(19)6-9/h2-7,16-19H,1H2/b5-4+,15-11-. The van der Waals surface area contributed by atoms with Crippen molar-refractivity contribution < 1.29 is 24.8 Å². The summed E-state index contributed by atoms with van der Waals surface area (Å²) in [6.45, 7) is 3.54. The highest BCUT2D eigenvalue weighted by Crippen LogP contribution is 2.29. The largest absolute Gasteiger partial charge is 0.515 e. The number of aromatic hydroxyl groups is 2. The van der Waals surface area contributed by atoms with Gasteiger partial charge in [0.05, 0.1) is 6.26 Å². The maximum absolute atomic E-state index is 12.0. The molecule has 21 heavy (non-hydrogen) atoms. The lowest BCUT2D eigenvalue weighted by atomic mass is 10.1. The van der Waals surface area contributed by atoms with Gasteiger partial charge in [-0.15, -0.1) is 0 Å². The van der Waals surface area contributed by atoms with Gasteiger partial charge in [-0.05, 0) is 18.2 Å². The van der Waals surface area contributed by atoms with Crippen LogP contribution in [0.15, 0.2) is 45.8 Å². The Hall–Kier alpha value is -3.15. The highest BCUT2D eigenvalue weighted by atomic mass is 16.3. The summed E-state index contributed by atoms with van der Waals surface area (Å²) >= 11 is 0. The summed E-state index contributed by atoms with van der Waals surface area (Å²) in [5, 5.41) is 36.7. The van der Waals surface area contributed by atoms with Crippen LogP contribution in [0.4, 0.5) is 0 Å². The Morgan fingerprint density at radius 2 is 1.90 bits per heavy atom. The van der Waals surface area contributed by atoms with Crippen molar-refractivity contribution in [2.75, 3.05) is 0 Å². The molecule has 0 unspecified atom stereocenters. The van der Waals surface area contributed by atoms with E-state index >= 15 is 0 Å². The number of benzene rings is 1. The normalized spacial score (nSPS) is 12.6. The fraction of sp³-hybridized carbons (Fsp3) is 0. The van der Waals surface area contributed by atoms with Crippen molar-refractivity contribution in [3.05, 3.63) is 57.5 Å². The van der Waals surface area contributed by atoms with E-state index < -0.39 is 11.2 Å². The average Bonchev–Trinajstić information content (AvgIpc) is 2.41. The zero-order chi connectivity index (χ0) is 15.6. The lowest BCUT2D eigenvalue weighted by molar-refractivity contribution is 0.403. The molecule has 0 saturated heterocycles. The lowest BCUT2D eigenvalue weighted by Crippen LogP contribution is -2.39. The minimum atomic E-state index is -0.565. The summed E-state index contributed by atoms with van der Waals surface area (Å²) in [5.41, 5.74) is -0.305. The summed E-state index contributed by atoms with van der Waals surface area (Å²) in [7, 11) is 0. The molecule has 0 amide bonds. The van der Waals surface area contributed by atoms with Crippen LogP contribution in [0.1, 0.15) is 0 Å². The molecule has 0 atom stereocenters. The van der Waals surface area contributed by atoms with Crippen molar-refractivity contribution >= 4 is 12.3 Å². The average molecular weight is 288 g/mol. The van der Waals surface area contributed by atoms with E-state index in [1.165, 1.54) is 18.2 Å². The monoisotopic (exact) mass is 288 g/mol. The van der Waals surface area contributed by atoms with Crippen LogP contribution in [0.5, 0.6) is 11.5 Å². The SMILES string of the molecule is C=c1oc(-c2ccc(O)c(O)c2)cc(=O)/c1=C(O)/C=C/O. The lowest BCUT2D eigenvalue weighted by Gasteiger charge is -2.03. The second-order valence-corrected chi connectivity index (χ2v) is 4.18. The van der Waals surface area contributed by atoms with Crippen molar-refractivity contribution in [3.63, 3.8) is 0 Å². The Bertz CT molecular complexity index is 842. The molecule has 0 saturated carbocycles. The zero-order valence-electron chi connectivity index (χ0n) is 10.8. The minimum absolute atomic E-state index is 0.0966. The molecular formula is C15H12O6. The number of hydrogen-bond acceptors (Lipinski definition) is 6. The number of phenols is 2. The minimum Gasteiger partial charge on any atom is -0.515 e. The van der Waals surface area contributed by atoms with Crippen LogP contribution in [0.25, 0.3) is 23.7 Å². The second-order valence-electron chi connectivity index (χ2n) is 4.18. The van der Waals surface area contributed by atoms with Crippen LogP contribution < -0.4 is 16.1 Å². The predicted octanol–water partition coefficient (Wildman–Crippen LogP) is 0.866. The number of rotatable bonds is 2. The zero-order valence-corrected chi connectivity index (χ0v) is 10.8. The first-order valence-electron chi connectivity index (χ1n) is 5.83. The Morgan fingerprint density at radius 3 is 2.48 bits per heavy atom. The van der Waals surface area contributed by atoms with E-state index in [0.29, 0.717) is 11.8 Å². The topological polar surface area (TPSA) is 111 Å². The molecule has 1 aromatic heterocycles. The van der Waals surface area contributed by atoms with E-state index in [0.717, 1.165) is 12.1 Å². The second kappa shape index (κ2) is 5.46. The fourth-order valence-corrected chi connectivity index (χ4v) is 1.78. The van der Waals surface area contributed by atoms with Gasteiger partial charge in [-0.3, -0.25) is 4.79 Å². The van der Waals surface area contributed by atoms with Gasteiger partial charge in [0.25, 0.3) is 0 Å². The molecule has 4 N–H and O–H groups in total. The van der Waals surface area contributed by atoms with Crippen molar-refractivity contribution in [1.82, 2.24) is 0 Å². The van der Waals surface area contributed by atoms with Gasteiger partial charge in [0, 0.05) is 17.7 Å². The molecule has 0 fully saturated rings. The molecular weight excluding hydrogens is 276 g/mol.